The number of hydrogen-bond donors (Lipinski definition) is 12. The summed E-state index contributed by atoms with van der Waals surface area (Å²) in [6, 6.07) is -1.88. The molecule has 1 fully saturated rings. The molecule has 0 aromatic carbocycles. The molecule has 17 nitrogen and oxygen atoms in total. The molecule has 224 valence electrons. The summed E-state index contributed by atoms with van der Waals surface area (Å²) in [6.07, 6.45) is -23.3. The van der Waals surface area contributed by atoms with Gasteiger partial charge in [-0.25, -0.2) is 4.79 Å². The molecule has 38 heavy (non-hydrogen) atoms. The average molecular weight is 562 g/mol. The number of aliphatic hydroxyl groups is 9. The maximum atomic E-state index is 11.5. The van der Waals surface area contributed by atoms with Gasteiger partial charge in [0.05, 0.1) is 24.2 Å². The van der Waals surface area contributed by atoms with E-state index in [9.17, 15) is 65.8 Å². The van der Waals surface area contributed by atoms with Crippen molar-refractivity contribution in [3.63, 3.8) is 0 Å². The lowest BCUT2D eigenvalue weighted by molar-refractivity contribution is -0.317. The van der Waals surface area contributed by atoms with Crippen LogP contribution in [-0.4, -0.2) is 154 Å². The van der Waals surface area contributed by atoms with Gasteiger partial charge in [0.2, 0.25) is 0 Å². The summed E-state index contributed by atoms with van der Waals surface area (Å²) in [5.41, 5.74) is 5.86. The Morgan fingerprint density at radius 2 is 1.42 bits per heavy atom. The number of hydrogen-bond acceptors (Lipinski definition) is 15. The molecule has 1 saturated heterocycles. The van der Waals surface area contributed by atoms with E-state index in [2.05, 4.69) is 0 Å². The fraction of sp³-hybridized carbons (Fsp3) is 0.905. The van der Waals surface area contributed by atoms with Gasteiger partial charge >= 0.3 is 11.9 Å². The highest BCUT2D eigenvalue weighted by Crippen LogP contribution is 2.27. The van der Waals surface area contributed by atoms with Crippen LogP contribution in [0.15, 0.2) is 0 Å². The first-order chi connectivity index (χ1) is 17.5. The van der Waals surface area contributed by atoms with E-state index in [4.69, 9.17) is 19.9 Å². The van der Waals surface area contributed by atoms with E-state index in [1.165, 1.54) is 6.92 Å². The Balaban J connectivity index is 3.16. The van der Waals surface area contributed by atoms with Crippen molar-refractivity contribution in [2.45, 2.75) is 100 Å². The summed E-state index contributed by atoms with van der Waals surface area (Å²) in [5.74, 6) is -5.82. The van der Waals surface area contributed by atoms with Gasteiger partial charge in [-0.15, -0.1) is 0 Å². The molecule has 17 heteroatoms. The van der Waals surface area contributed by atoms with Crippen LogP contribution < -0.4 is 5.73 Å². The van der Waals surface area contributed by atoms with Crippen LogP contribution in [0.3, 0.4) is 0 Å². The van der Waals surface area contributed by atoms with Crippen LogP contribution in [-0.2, 0) is 23.8 Å². The van der Waals surface area contributed by atoms with Crippen molar-refractivity contribution in [1.29, 1.82) is 0 Å². The number of carboxylic acid groups (broad SMARTS) is 2. The monoisotopic (exact) mass is 561 g/mol. The zero-order valence-electron chi connectivity index (χ0n) is 20.9. The standard InChI is InChI=1S/C21H39NO16/c1-5(4-23)15(37-21-14(30)11(27)13(29)17(38-21)19(33)34)10(26)8(22)20(35)36-16(6(2)18(31)32)12(28)9(25)7(3)24/h5-17,20-21,23-30,35H,4,22H2,1-3H3,(H,31,32)(H,33,34)/t5?,6?,7-,8?,9+,10+,11?,12?,13-,14-,15+,16+,17?,20+,21+/m0/s1. The predicted molar refractivity (Wildman–Crippen MR) is 121 cm³/mol. The molecule has 0 bridgehead atoms. The van der Waals surface area contributed by atoms with Crippen LogP contribution in [0.5, 0.6) is 0 Å². The molecular formula is C21H39NO16. The summed E-state index contributed by atoms with van der Waals surface area (Å²) in [6.45, 7) is 2.81. The topological polar surface area (TPSA) is 310 Å². The summed E-state index contributed by atoms with van der Waals surface area (Å²) < 4.78 is 15.6. The molecule has 15 atom stereocenters. The molecule has 1 rings (SSSR count). The smallest absolute Gasteiger partial charge is 0.335 e. The van der Waals surface area contributed by atoms with E-state index in [1.807, 2.05) is 0 Å². The van der Waals surface area contributed by atoms with Crippen molar-refractivity contribution in [3.8, 4) is 0 Å². The molecule has 0 aromatic heterocycles. The fourth-order valence-electron chi connectivity index (χ4n) is 3.73. The van der Waals surface area contributed by atoms with Gasteiger partial charge in [0.25, 0.3) is 0 Å². The first-order valence-electron chi connectivity index (χ1n) is 11.7. The maximum absolute atomic E-state index is 11.5. The lowest BCUT2D eigenvalue weighted by Crippen LogP contribution is -2.63. The fourth-order valence-corrected chi connectivity index (χ4v) is 3.73. The van der Waals surface area contributed by atoms with Crippen LogP contribution in [0.2, 0.25) is 0 Å². The Kier molecular flexibility index (Phi) is 13.3. The lowest BCUT2D eigenvalue weighted by Gasteiger charge is -2.42. The minimum Gasteiger partial charge on any atom is -0.481 e. The van der Waals surface area contributed by atoms with Crippen molar-refractivity contribution >= 4 is 11.9 Å². The van der Waals surface area contributed by atoms with Crippen LogP contribution in [0.1, 0.15) is 20.8 Å². The van der Waals surface area contributed by atoms with Gasteiger partial charge in [-0.05, 0) is 13.8 Å². The van der Waals surface area contributed by atoms with Gasteiger partial charge in [-0.3, -0.25) is 4.79 Å². The molecule has 0 aromatic rings. The van der Waals surface area contributed by atoms with Crippen LogP contribution in [0.25, 0.3) is 0 Å². The second-order valence-corrected chi connectivity index (χ2v) is 9.40. The van der Waals surface area contributed by atoms with Gasteiger partial charge in [-0.2, -0.15) is 0 Å². The van der Waals surface area contributed by atoms with Crippen molar-refractivity contribution in [1.82, 2.24) is 0 Å². The van der Waals surface area contributed by atoms with E-state index in [1.54, 1.807) is 0 Å². The molecule has 0 aliphatic carbocycles. The van der Waals surface area contributed by atoms with E-state index < -0.39 is 110 Å². The van der Waals surface area contributed by atoms with Crippen molar-refractivity contribution in [2.75, 3.05) is 6.61 Å². The van der Waals surface area contributed by atoms with E-state index >= 15 is 0 Å². The third kappa shape index (κ3) is 8.21. The van der Waals surface area contributed by atoms with Crippen LogP contribution in [0, 0.1) is 11.8 Å². The number of nitrogens with two attached hydrogens (primary N) is 1. The quantitative estimate of drug-likeness (QED) is 0.0828. The number of carbonyl (C=O) groups is 2. The zero-order valence-corrected chi connectivity index (χ0v) is 20.9. The Morgan fingerprint density at radius 1 is 0.868 bits per heavy atom. The molecule has 6 unspecified atom stereocenters. The predicted octanol–water partition coefficient (Wildman–Crippen LogP) is -5.89. The Labute approximate surface area is 217 Å². The second kappa shape index (κ2) is 14.7. The van der Waals surface area contributed by atoms with Gasteiger partial charge in [0.1, 0.15) is 42.7 Å². The highest BCUT2D eigenvalue weighted by Gasteiger charge is 2.50. The summed E-state index contributed by atoms with van der Waals surface area (Å²) in [5, 5.41) is 109. The minimum atomic E-state index is -2.25. The van der Waals surface area contributed by atoms with E-state index in [-0.39, 0.29) is 0 Å². The normalized spacial score (nSPS) is 32.2. The molecule has 0 saturated carbocycles. The van der Waals surface area contributed by atoms with Gasteiger partial charge in [0.15, 0.2) is 18.7 Å². The molecule has 1 heterocycles. The highest BCUT2D eigenvalue weighted by atomic mass is 16.7. The Morgan fingerprint density at radius 3 is 1.87 bits per heavy atom. The molecule has 0 radical (unpaired) electrons. The van der Waals surface area contributed by atoms with Crippen molar-refractivity contribution in [3.05, 3.63) is 0 Å². The van der Waals surface area contributed by atoms with Gasteiger partial charge in [0, 0.05) is 12.5 Å². The SMILES string of the molecule is CC(C(=O)O)[C@@H](O[C@@H](O)C(N)[C@@H](O)[C@H](O[C@@H]1OC(C(=O)O)[C@@H](O)C(O)[C@@H]1O)C(C)CO)C(O)[C@H](O)[C@H](C)O. The third-order valence-electron chi connectivity index (χ3n) is 6.37. The summed E-state index contributed by atoms with van der Waals surface area (Å²) in [7, 11) is 0. The van der Waals surface area contributed by atoms with Gasteiger partial charge in [-0.1, -0.05) is 6.92 Å². The summed E-state index contributed by atoms with van der Waals surface area (Å²) >= 11 is 0. The van der Waals surface area contributed by atoms with Crippen molar-refractivity contribution < 1.29 is 80.0 Å². The molecule has 0 amide bonds. The average Bonchev–Trinajstić information content (AvgIpc) is 2.86. The number of ether oxygens (including phenoxy) is 3. The minimum absolute atomic E-state index is 0.681. The second-order valence-electron chi connectivity index (χ2n) is 9.40. The molecular weight excluding hydrogens is 522 g/mol. The molecule has 1 aliphatic rings. The van der Waals surface area contributed by atoms with E-state index in [0.29, 0.717) is 0 Å². The largest absolute Gasteiger partial charge is 0.481 e. The highest BCUT2D eigenvalue weighted by molar-refractivity contribution is 5.73. The maximum Gasteiger partial charge on any atom is 0.335 e. The number of aliphatic carboxylic acids is 2. The summed E-state index contributed by atoms with van der Waals surface area (Å²) in [4.78, 5) is 22.8. The number of aliphatic hydroxyl groups excluding tert-OH is 9. The molecule has 1 aliphatic heterocycles. The van der Waals surface area contributed by atoms with Gasteiger partial charge < -0.3 is 76.1 Å². The molecule has 0 spiro atoms. The molecule has 13 N–H and O–H groups in total. The zero-order chi connectivity index (χ0) is 29.6. The first kappa shape index (κ1) is 34.4. The number of rotatable bonds is 15. The van der Waals surface area contributed by atoms with Crippen LogP contribution >= 0.6 is 0 Å². The Bertz CT molecular complexity index is 757. The van der Waals surface area contributed by atoms with E-state index in [0.717, 1.165) is 13.8 Å². The Hall–Kier alpha value is -1.58. The van der Waals surface area contributed by atoms with Crippen molar-refractivity contribution in [2.24, 2.45) is 17.6 Å². The lowest BCUT2D eigenvalue weighted by atomic mass is 9.92. The third-order valence-corrected chi connectivity index (χ3v) is 6.37. The first-order valence-corrected chi connectivity index (χ1v) is 11.7. The number of carboxylic acids is 2. The van der Waals surface area contributed by atoms with Crippen LogP contribution in [0.4, 0.5) is 0 Å².